The van der Waals surface area contributed by atoms with E-state index in [1.54, 1.807) is 36.4 Å². The quantitative estimate of drug-likeness (QED) is 0.608. The van der Waals surface area contributed by atoms with E-state index in [9.17, 15) is 4.79 Å². The van der Waals surface area contributed by atoms with Gasteiger partial charge in [-0.2, -0.15) is 0 Å². The average Bonchev–Trinajstić information content (AvgIpc) is 2.47. The van der Waals surface area contributed by atoms with Gasteiger partial charge < -0.3 is 4.74 Å². The third-order valence-corrected chi connectivity index (χ3v) is 4.01. The van der Waals surface area contributed by atoms with Gasteiger partial charge in [0.25, 0.3) is 0 Å². The summed E-state index contributed by atoms with van der Waals surface area (Å²) in [6, 6.07) is 10.1. The highest BCUT2D eigenvalue weighted by Gasteiger charge is 2.15. The van der Waals surface area contributed by atoms with Gasteiger partial charge in [-0.15, -0.1) is 0 Å². The molecular weight excluding hydrogens is 375 g/mol. The number of carbonyl (C=O) groups excluding carboxylic acids is 1. The van der Waals surface area contributed by atoms with Gasteiger partial charge in [0.05, 0.1) is 16.1 Å². The molecule has 0 saturated heterocycles. The number of rotatable bonds is 5. The molecule has 0 fully saturated rings. The van der Waals surface area contributed by atoms with Crippen molar-refractivity contribution in [3.8, 4) is 5.75 Å². The number of carbonyl (C=O) groups is 1. The Balaban J connectivity index is 2.31. The lowest BCUT2D eigenvalue weighted by Crippen LogP contribution is -2.03. The Hall–Kier alpha value is -1.03. The molecule has 5 heteroatoms. The predicted octanol–water partition coefficient (Wildman–Crippen LogP) is 5.78. The topological polar surface area (TPSA) is 26.3 Å². The van der Waals surface area contributed by atoms with Gasteiger partial charge in [0.2, 0.25) is 0 Å². The highest BCUT2D eigenvalue weighted by molar-refractivity contribution is 9.10. The summed E-state index contributed by atoms with van der Waals surface area (Å²) >= 11 is 15.4. The van der Waals surface area contributed by atoms with Gasteiger partial charge >= 0.3 is 0 Å². The Labute approximate surface area is 142 Å². The largest absolute Gasteiger partial charge is 0.492 e. The van der Waals surface area contributed by atoms with E-state index >= 15 is 0 Å². The molecule has 0 spiro atoms. The second-order valence-corrected chi connectivity index (χ2v) is 6.14. The highest BCUT2D eigenvalue weighted by Crippen LogP contribution is 2.29. The molecule has 0 atom stereocenters. The summed E-state index contributed by atoms with van der Waals surface area (Å²) in [6.45, 7) is 2.67. The van der Waals surface area contributed by atoms with Crippen LogP contribution in [0, 0.1) is 0 Å². The molecule has 0 bridgehead atoms. The highest BCUT2D eigenvalue weighted by atomic mass is 79.9. The molecule has 0 amide bonds. The van der Waals surface area contributed by atoms with Crippen molar-refractivity contribution in [3.63, 3.8) is 0 Å². The number of ether oxygens (including phenoxy) is 1. The number of halogens is 3. The Kier molecular flexibility index (Phi) is 5.68. The smallest absolute Gasteiger partial charge is 0.194 e. The lowest BCUT2D eigenvalue weighted by Gasteiger charge is -2.09. The van der Waals surface area contributed by atoms with Crippen molar-refractivity contribution >= 4 is 44.9 Å². The summed E-state index contributed by atoms with van der Waals surface area (Å²) in [6.07, 6.45) is 0.922. The van der Waals surface area contributed by atoms with Crippen LogP contribution in [0.25, 0.3) is 0 Å². The molecule has 0 aliphatic carbocycles. The molecule has 0 aliphatic rings. The molecule has 2 nitrogen and oxygen atoms in total. The number of ketones is 1. The first-order valence-corrected chi connectivity index (χ1v) is 8.00. The zero-order valence-electron chi connectivity index (χ0n) is 11.3. The third kappa shape index (κ3) is 4.00. The van der Waals surface area contributed by atoms with E-state index in [-0.39, 0.29) is 5.78 Å². The maximum absolute atomic E-state index is 12.5. The fourth-order valence-electron chi connectivity index (χ4n) is 1.80. The molecular formula is C16H13BrCl2O2. The molecule has 2 rings (SSSR count). The monoisotopic (exact) mass is 386 g/mol. The molecule has 0 N–H and O–H groups in total. The van der Waals surface area contributed by atoms with Crippen LogP contribution in [0.15, 0.2) is 40.9 Å². The second kappa shape index (κ2) is 7.30. The minimum Gasteiger partial charge on any atom is -0.492 e. The van der Waals surface area contributed by atoms with Gasteiger partial charge in [-0.1, -0.05) is 30.1 Å². The number of hydrogen-bond donors (Lipinski definition) is 0. The molecule has 0 saturated carbocycles. The molecule has 0 aliphatic heterocycles. The van der Waals surface area contributed by atoms with Crippen LogP contribution in [0.5, 0.6) is 5.75 Å². The Morgan fingerprint density at radius 3 is 2.62 bits per heavy atom. The molecule has 0 radical (unpaired) electrons. The van der Waals surface area contributed by atoms with E-state index in [1.807, 2.05) is 6.92 Å². The zero-order valence-corrected chi connectivity index (χ0v) is 14.4. The SMILES string of the molecule is CCCOc1ccc(C(=O)c2cc(Cl)ccc2Cl)cc1Br. The lowest BCUT2D eigenvalue weighted by molar-refractivity contribution is 0.103. The van der Waals surface area contributed by atoms with Crippen LogP contribution in [-0.4, -0.2) is 12.4 Å². The van der Waals surface area contributed by atoms with Crippen LogP contribution in [0.4, 0.5) is 0 Å². The van der Waals surface area contributed by atoms with Crippen LogP contribution in [0.2, 0.25) is 10.0 Å². The molecule has 110 valence electrons. The van der Waals surface area contributed by atoms with Gasteiger partial charge in [0.1, 0.15) is 5.75 Å². The Bertz CT molecular complexity index is 671. The lowest BCUT2D eigenvalue weighted by atomic mass is 10.0. The maximum Gasteiger partial charge on any atom is 0.194 e. The Morgan fingerprint density at radius 1 is 1.19 bits per heavy atom. The summed E-state index contributed by atoms with van der Waals surface area (Å²) in [5, 5.41) is 0.858. The summed E-state index contributed by atoms with van der Waals surface area (Å²) in [5.74, 6) is 0.538. The molecule has 2 aromatic carbocycles. The van der Waals surface area contributed by atoms with Crippen molar-refractivity contribution in [1.29, 1.82) is 0 Å². The number of benzene rings is 2. The molecule has 0 aromatic heterocycles. The average molecular weight is 388 g/mol. The minimum absolute atomic E-state index is 0.176. The van der Waals surface area contributed by atoms with Crippen LogP contribution >= 0.6 is 39.1 Å². The minimum atomic E-state index is -0.176. The van der Waals surface area contributed by atoms with E-state index in [0.29, 0.717) is 33.5 Å². The second-order valence-electron chi connectivity index (χ2n) is 4.45. The predicted molar refractivity (Wildman–Crippen MR) is 89.8 cm³/mol. The first-order valence-electron chi connectivity index (χ1n) is 6.45. The van der Waals surface area contributed by atoms with Gasteiger partial charge in [0.15, 0.2) is 5.78 Å². The Morgan fingerprint density at radius 2 is 1.95 bits per heavy atom. The summed E-state index contributed by atoms with van der Waals surface area (Å²) in [5.41, 5.74) is 0.910. The summed E-state index contributed by atoms with van der Waals surface area (Å²) in [4.78, 5) is 12.5. The van der Waals surface area contributed by atoms with Crippen molar-refractivity contribution in [2.24, 2.45) is 0 Å². The molecule has 0 unspecified atom stereocenters. The van der Waals surface area contributed by atoms with Gasteiger partial charge in [0, 0.05) is 16.1 Å². The van der Waals surface area contributed by atoms with Crippen LogP contribution < -0.4 is 4.74 Å². The fraction of sp³-hybridized carbons (Fsp3) is 0.188. The van der Waals surface area contributed by atoms with Crippen molar-refractivity contribution < 1.29 is 9.53 Å². The first kappa shape index (κ1) is 16.3. The maximum atomic E-state index is 12.5. The third-order valence-electron chi connectivity index (χ3n) is 2.83. The number of hydrogen-bond acceptors (Lipinski definition) is 2. The van der Waals surface area contributed by atoms with Crippen LogP contribution in [0.1, 0.15) is 29.3 Å². The van der Waals surface area contributed by atoms with Crippen LogP contribution in [-0.2, 0) is 0 Å². The fourth-order valence-corrected chi connectivity index (χ4v) is 2.67. The van der Waals surface area contributed by atoms with Gasteiger partial charge in [-0.05, 0) is 58.7 Å². The molecule has 2 aromatic rings. The van der Waals surface area contributed by atoms with E-state index in [4.69, 9.17) is 27.9 Å². The zero-order chi connectivity index (χ0) is 15.4. The normalized spacial score (nSPS) is 10.5. The summed E-state index contributed by atoms with van der Waals surface area (Å²) in [7, 11) is 0. The van der Waals surface area contributed by atoms with Gasteiger partial charge in [-0.3, -0.25) is 4.79 Å². The standard InChI is InChI=1S/C16H13BrCl2O2/c1-2-7-21-15-6-3-10(8-13(15)17)16(20)12-9-11(18)4-5-14(12)19/h3-6,8-9H,2,7H2,1H3. The molecule has 0 heterocycles. The first-order chi connectivity index (χ1) is 10.0. The summed E-state index contributed by atoms with van der Waals surface area (Å²) < 4.78 is 6.30. The van der Waals surface area contributed by atoms with Gasteiger partial charge in [-0.25, -0.2) is 0 Å². The van der Waals surface area contributed by atoms with Crippen molar-refractivity contribution in [2.45, 2.75) is 13.3 Å². The van der Waals surface area contributed by atoms with Crippen molar-refractivity contribution in [2.75, 3.05) is 6.61 Å². The van der Waals surface area contributed by atoms with E-state index in [2.05, 4.69) is 15.9 Å². The molecule has 21 heavy (non-hydrogen) atoms. The van der Waals surface area contributed by atoms with Crippen molar-refractivity contribution in [1.82, 2.24) is 0 Å². The van der Waals surface area contributed by atoms with Crippen LogP contribution in [0.3, 0.4) is 0 Å². The van der Waals surface area contributed by atoms with E-state index < -0.39 is 0 Å². The van der Waals surface area contributed by atoms with Crippen molar-refractivity contribution in [3.05, 3.63) is 62.0 Å². The van der Waals surface area contributed by atoms with E-state index in [1.165, 1.54) is 0 Å². The van der Waals surface area contributed by atoms with E-state index in [0.717, 1.165) is 10.9 Å².